The number of hydrogen-bond donors (Lipinski definition) is 2. The second-order valence-electron chi connectivity index (χ2n) is 3.52. The van der Waals surface area contributed by atoms with Crippen molar-refractivity contribution in [2.75, 3.05) is 13.1 Å². The molecule has 0 saturated carbocycles. The van der Waals surface area contributed by atoms with Crippen molar-refractivity contribution in [1.82, 2.24) is 20.4 Å². The fraction of sp³-hybridized carbons (Fsp3) is 0.556. The molecule has 1 aliphatic rings. The molecule has 1 aliphatic heterocycles. The molecule has 76 valence electrons. The number of nitrogens with one attached hydrogen (secondary N) is 2. The van der Waals surface area contributed by atoms with Gasteiger partial charge in [-0.3, -0.25) is 9.48 Å². The van der Waals surface area contributed by atoms with Crippen LogP contribution in [0.25, 0.3) is 0 Å². The minimum atomic E-state index is 0.130. The SMILES string of the molecule is Cn1nccc1CNC(=O)C1CNC1. The molecule has 5 nitrogen and oxygen atoms in total. The zero-order valence-electron chi connectivity index (χ0n) is 8.16. The van der Waals surface area contributed by atoms with Gasteiger partial charge >= 0.3 is 0 Å². The monoisotopic (exact) mass is 194 g/mol. The molecule has 0 aromatic carbocycles. The minimum absolute atomic E-state index is 0.130. The van der Waals surface area contributed by atoms with E-state index in [4.69, 9.17) is 0 Å². The first-order valence-corrected chi connectivity index (χ1v) is 4.72. The zero-order chi connectivity index (χ0) is 9.97. The van der Waals surface area contributed by atoms with Crippen molar-refractivity contribution in [2.45, 2.75) is 6.54 Å². The Balaban J connectivity index is 1.82. The normalized spacial score (nSPS) is 16.4. The summed E-state index contributed by atoms with van der Waals surface area (Å²) in [5.41, 5.74) is 1.02. The summed E-state index contributed by atoms with van der Waals surface area (Å²) in [4.78, 5) is 11.5. The van der Waals surface area contributed by atoms with Gasteiger partial charge < -0.3 is 10.6 Å². The Morgan fingerprint density at radius 3 is 3.07 bits per heavy atom. The number of carbonyl (C=O) groups is 1. The van der Waals surface area contributed by atoms with E-state index >= 15 is 0 Å². The molecule has 5 heteroatoms. The number of nitrogens with zero attached hydrogens (tertiary/aromatic N) is 2. The van der Waals surface area contributed by atoms with Crippen LogP contribution in [0.4, 0.5) is 0 Å². The van der Waals surface area contributed by atoms with Gasteiger partial charge in [-0.25, -0.2) is 0 Å². The Labute approximate surface area is 82.5 Å². The summed E-state index contributed by atoms with van der Waals surface area (Å²) in [6.45, 7) is 2.17. The van der Waals surface area contributed by atoms with Crippen molar-refractivity contribution in [3.63, 3.8) is 0 Å². The van der Waals surface area contributed by atoms with E-state index in [1.54, 1.807) is 10.9 Å². The number of aromatic nitrogens is 2. The van der Waals surface area contributed by atoms with Crippen molar-refractivity contribution < 1.29 is 4.79 Å². The lowest BCUT2D eigenvalue weighted by atomic mass is 10.0. The first-order chi connectivity index (χ1) is 6.77. The second kappa shape index (κ2) is 3.79. The van der Waals surface area contributed by atoms with E-state index in [2.05, 4.69) is 15.7 Å². The highest BCUT2D eigenvalue weighted by molar-refractivity contribution is 5.79. The maximum atomic E-state index is 11.5. The molecule has 0 aliphatic carbocycles. The quantitative estimate of drug-likeness (QED) is 0.666. The first kappa shape index (κ1) is 9.21. The van der Waals surface area contributed by atoms with Crippen molar-refractivity contribution >= 4 is 5.91 Å². The fourth-order valence-corrected chi connectivity index (χ4v) is 1.37. The van der Waals surface area contributed by atoms with Gasteiger partial charge in [0.05, 0.1) is 18.2 Å². The van der Waals surface area contributed by atoms with E-state index in [1.165, 1.54) is 0 Å². The number of aryl methyl sites for hydroxylation is 1. The molecule has 14 heavy (non-hydrogen) atoms. The van der Waals surface area contributed by atoms with Crippen LogP contribution in [0, 0.1) is 5.92 Å². The van der Waals surface area contributed by atoms with Gasteiger partial charge in [0.25, 0.3) is 0 Å². The maximum Gasteiger partial charge on any atom is 0.226 e. The van der Waals surface area contributed by atoms with Crippen molar-refractivity contribution in [3.8, 4) is 0 Å². The molecule has 0 unspecified atom stereocenters. The molecule has 1 amide bonds. The van der Waals surface area contributed by atoms with Crippen LogP contribution in [0.1, 0.15) is 5.69 Å². The number of hydrogen-bond acceptors (Lipinski definition) is 3. The summed E-state index contributed by atoms with van der Waals surface area (Å²) in [7, 11) is 1.87. The van der Waals surface area contributed by atoms with Crippen LogP contribution in [0.5, 0.6) is 0 Å². The van der Waals surface area contributed by atoms with Gasteiger partial charge in [0.15, 0.2) is 0 Å². The maximum absolute atomic E-state index is 11.5. The second-order valence-corrected chi connectivity index (χ2v) is 3.52. The molecular formula is C9H14N4O. The van der Waals surface area contributed by atoms with Crippen LogP contribution >= 0.6 is 0 Å². The zero-order valence-corrected chi connectivity index (χ0v) is 8.16. The molecule has 0 radical (unpaired) electrons. The highest BCUT2D eigenvalue weighted by Crippen LogP contribution is 2.03. The van der Waals surface area contributed by atoms with Crippen LogP contribution in [0.3, 0.4) is 0 Å². The Bertz CT molecular complexity index is 329. The lowest BCUT2D eigenvalue weighted by Gasteiger charge is -2.25. The van der Waals surface area contributed by atoms with Crippen LogP contribution in [-0.4, -0.2) is 28.8 Å². The van der Waals surface area contributed by atoms with Crippen LogP contribution in [-0.2, 0) is 18.4 Å². The van der Waals surface area contributed by atoms with Gasteiger partial charge in [-0.2, -0.15) is 5.10 Å². The average Bonchev–Trinajstić information content (AvgIpc) is 2.44. The number of carbonyl (C=O) groups excluding carboxylic acids is 1. The Morgan fingerprint density at radius 2 is 2.57 bits per heavy atom. The van der Waals surface area contributed by atoms with Crippen LogP contribution in [0.15, 0.2) is 12.3 Å². The Kier molecular flexibility index (Phi) is 2.49. The summed E-state index contributed by atoms with van der Waals surface area (Å²) >= 11 is 0. The van der Waals surface area contributed by atoms with Crippen LogP contribution in [0.2, 0.25) is 0 Å². The molecular weight excluding hydrogens is 180 g/mol. The molecule has 2 N–H and O–H groups in total. The molecule has 0 atom stereocenters. The van der Waals surface area contributed by atoms with Crippen LogP contribution < -0.4 is 10.6 Å². The average molecular weight is 194 g/mol. The van der Waals surface area contributed by atoms with Crippen molar-refractivity contribution in [3.05, 3.63) is 18.0 Å². The molecule has 0 bridgehead atoms. The highest BCUT2D eigenvalue weighted by Gasteiger charge is 2.24. The molecule has 2 rings (SSSR count). The Hall–Kier alpha value is -1.36. The topological polar surface area (TPSA) is 59.0 Å². The third kappa shape index (κ3) is 1.77. The smallest absolute Gasteiger partial charge is 0.226 e. The number of amides is 1. The molecule has 1 aromatic heterocycles. The van der Waals surface area contributed by atoms with Gasteiger partial charge in [-0.15, -0.1) is 0 Å². The van der Waals surface area contributed by atoms with E-state index < -0.39 is 0 Å². The van der Waals surface area contributed by atoms with E-state index in [1.807, 2.05) is 13.1 Å². The summed E-state index contributed by atoms with van der Waals surface area (Å²) in [6, 6.07) is 1.90. The van der Waals surface area contributed by atoms with Gasteiger partial charge in [-0.05, 0) is 6.07 Å². The van der Waals surface area contributed by atoms with Gasteiger partial charge in [0, 0.05) is 26.3 Å². The van der Waals surface area contributed by atoms with E-state index in [0.717, 1.165) is 18.8 Å². The van der Waals surface area contributed by atoms with Crippen molar-refractivity contribution in [1.29, 1.82) is 0 Å². The molecule has 1 aromatic rings. The third-order valence-electron chi connectivity index (χ3n) is 2.52. The lowest BCUT2D eigenvalue weighted by molar-refractivity contribution is -0.126. The van der Waals surface area contributed by atoms with Gasteiger partial charge in [-0.1, -0.05) is 0 Å². The van der Waals surface area contributed by atoms with E-state index in [-0.39, 0.29) is 11.8 Å². The third-order valence-corrected chi connectivity index (χ3v) is 2.52. The fourth-order valence-electron chi connectivity index (χ4n) is 1.37. The number of rotatable bonds is 3. The lowest BCUT2D eigenvalue weighted by Crippen LogP contribution is -2.50. The van der Waals surface area contributed by atoms with Crippen molar-refractivity contribution in [2.24, 2.45) is 13.0 Å². The summed E-state index contributed by atoms with van der Waals surface area (Å²) in [5, 5.41) is 9.98. The summed E-state index contributed by atoms with van der Waals surface area (Å²) < 4.78 is 1.76. The van der Waals surface area contributed by atoms with Gasteiger partial charge in [0.1, 0.15) is 0 Å². The van der Waals surface area contributed by atoms with Gasteiger partial charge in [0.2, 0.25) is 5.91 Å². The molecule has 0 spiro atoms. The molecule has 1 saturated heterocycles. The molecule has 1 fully saturated rings. The highest BCUT2D eigenvalue weighted by atomic mass is 16.2. The minimum Gasteiger partial charge on any atom is -0.350 e. The largest absolute Gasteiger partial charge is 0.350 e. The standard InChI is InChI=1S/C9H14N4O/c1-13-8(2-3-12-13)6-11-9(14)7-4-10-5-7/h2-3,7,10H,4-6H2,1H3,(H,11,14). The Morgan fingerprint density at radius 1 is 1.79 bits per heavy atom. The predicted molar refractivity (Wildman–Crippen MR) is 51.4 cm³/mol. The first-order valence-electron chi connectivity index (χ1n) is 4.72. The van der Waals surface area contributed by atoms with E-state index in [0.29, 0.717) is 6.54 Å². The summed E-state index contributed by atoms with van der Waals surface area (Å²) in [5.74, 6) is 0.285. The predicted octanol–water partition coefficient (Wildman–Crippen LogP) is -0.744. The van der Waals surface area contributed by atoms with E-state index in [9.17, 15) is 4.79 Å². The molecule has 2 heterocycles. The summed E-state index contributed by atoms with van der Waals surface area (Å²) in [6.07, 6.45) is 1.73.